The summed E-state index contributed by atoms with van der Waals surface area (Å²) in [5.41, 5.74) is 0.269. The third-order valence-electron chi connectivity index (χ3n) is 4.55. The lowest BCUT2D eigenvalue weighted by Gasteiger charge is -2.49. The fraction of sp³-hybridized carbons (Fsp3) is 0.222. The number of ether oxygens (including phenoxy) is 1. The molecule has 0 radical (unpaired) electrons. The number of hydrogen-bond donors (Lipinski definition) is 3. The molecular formula is C18H16ClN3O3. The minimum atomic E-state index is -1.14. The fourth-order valence-electron chi connectivity index (χ4n) is 3.44. The first-order valence-corrected chi connectivity index (χ1v) is 8.27. The Morgan fingerprint density at radius 1 is 1.20 bits per heavy atom. The second kappa shape index (κ2) is 5.67. The van der Waals surface area contributed by atoms with Gasteiger partial charge in [0.25, 0.3) is 0 Å². The Kier molecular flexibility index (Phi) is 3.58. The van der Waals surface area contributed by atoms with Gasteiger partial charge in [-0.25, -0.2) is 4.79 Å². The number of hydrogen-bond acceptors (Lipinski definition) is 3. The summed E-state index contributed by atoms with van der Waals surface area (Å²) in [5.74, 6) is -0.245. The largest absolute Gasteiger partial charge is 0.467 e. The van der Waals surface area contributed by atoms with E-state index in [9.17, 15) is 9.59 Å². The van der Waals surface area contributed by atoms with Crippen LogP contribution >= 0.6 is 11.6 Å². The highest BCUT2D eigenvalue weighted by Gasteiger charge is 2.55. The average Bonchev–Trinajstić information content (AvgIpc) is 2.55. The number of rotatable bonds is 2. The predicted octanol–water partition coefficient (Wildman–Crippen LogP) is 3.06. The number of carbonyl (C=O) groups is 2. The van der Waals surface area contributed by atoms with Crippen molar-refractivity contribution < 1.29 is 14.3 Å². The van der Waals surface area contributed by atoms with E-state index < -0.39 is 17.7 Å². The van der Waals surface area contributed by atoms with Gasteiger partial charge in [0.05, 0.1) is 6.04 Å². The number of para-hydroxylation sites is 1. The van der Waals surface area contributed by atoms with Crippen LogP contribution in [0.2, 0.25) is 5.02 Å². The normalized spacial score (nSPS) is 26.6. The van der Waals surface area contributed by atoms with Crippen molar-refractivity contribution in [3.63, 3.8) is 0 Å². The standard InChI is InChI=1S/C18H16ClN3O3/c1-18-14(16(23)20-11-8-6-10(19)7-9-11)15(21-17(24)22-18)12-4-2-3-5-13(12)25-18/h2-9,14-15H,1H3,(H,20,23)(H2,21,22,24). The lowest BCUT2D eigenvalue weighted by Crippen LogP contribution is -2.70. The topological polar surface area (TPSA) is 79.5 Å². The molecule has 1 fully saturated rings. The number of anilines is 1. The van der Waals surface area contributed by atoms with Gasteiger partial charge < -0.3 is 15.4 Å². The van der Waals surface area contributed by atoms with Crippen LogP contribution in [0.15, 0.2) is 48.5 Å². The molecule has 2 bridgehead atoms. The van der Waals surface area contributed by atoms with Gasteiger partial charge in [0.1, 0.15) is 11.7 Å². The van der Waals surface area contributed by atoms with Gasteiger partial charge >= 0.3 is 6.03 Å². The molecule has 0 aliphatic carbocycles. The first kappa shape index (κ1) is 15.8. The fourth-order valence-corrected chi connectivity index (χ4v) is 3.57. The molecule has 3 N–H and O–H groups in total. The quantitative estimate of drug-likeness (QED) is 0.772. The highest BCUT2D eigenvalue weighted by molar-refractivity contribution is 6.30. The Balaban J connectivity index is 1.69. The van der Waals surface area contributed by atoms with Crippen LogP contribution in [-0.2, 0) is 4.79 Å². The number of carbonyl (C=O) groups excluding carboxylic acids is 2. The van der Waals surface area contributed by atoms with E-state index in [4.69, 9.17) is 16.3 Å². The summed E-state index contributed by atoms with van der Waals surface area (Å²) in [6.45, 7) is 1.71. The van der Waals surface area contributed by atoms with Crippen molar-refractivity contribution in [1.82, 2.24) is 10.6 Å². The highest BCUT2D eigenvalue weighted by atomic mass is 35.5. The van der Waals surface area contributed by atoms with Crippen LogP contribution in [0.3, 0.4) is 0 Å². The molecule has 2 aromatic carbocycles. The summed E-state index contributed by atoms with van der Waals surface area (Å²) >= 11 is 5.88. The van der Waals surface area contributed by atoms with E-state index in [0.29, 0.717) is 16.5 Å². The first-order chi connectivity index (χ1) is 12.0. The van der Waals surface area contributed by atoms with Crippen LogP contribution in [-0.4, -0.2) is 17.7 Å². The van der Waals surface area contributed by atoms with Gasteiger partial charge in [-0.2, -0.15) is 0 Å². The molecule has 3 atom stereocenters. The maximum atomic E-state index is 13.0. The minimum absolute atomic E-state index is 0.253. The molecule has 2 aliphatic heterocycles. The van der Waals surface area contributed by atoms with Crippen LogP contribution < -0.4 is 20.7 Å². The summed E-state index contributed by atoms with van der Waals surface area (Å²) in [6.07, 6.45) is 0. The molecule has 0 aromatic heterocycles. The van der Waals surface area contributed by atoms with E-state index in [1.807, 2.05) is 24.3 Å². The Morgan fingerprint density at radius 3 is 2.68 bits per heavy atom. The minimum Gasteiger partial charge on any atom is -0.467 e. The molecule has 7 heteroatoms. The number of halogens is 1. The lowest BCUT2D eigenvalue weighted by atomic mass is 9.80. The van der Waals surface area contributed by atoms with Crippen LogP contribution in [0.5, 0.6) is 5.75 Å². The van der Waals surface area contributed by atoms with Crippen LogP contribution in [0, 0.1) is 5.92 Å². The Bertz CT molecular complexity index is 855. The molecule has 1 saturated heterocycles. The van der Waals surface area contributed by atoms with Gasteiger partial charge in [-0.3, -0.25) is 10.1 Å². The predicted molar refractivity (Wildman–Crippen MR) is 93.5 cm³/mol. The Labute approximate surface area is 149 Å². The Hall–Kier alpha value is -2.73. The van der Waals surface area contributed by atoms with E-state index in [1.54, 1.807) is 31.2 Å². The van der Waals surface area contributed by atoms with E-state index in [2.05, 4.69) is 16.0 Å². The summed E-state index contributed by atoms with van der Waals surface area (Å²) in [7, 11) is 0. The van der Waals surface area contributed by atoms with Gasteiger partial charge in [-0.05, 0) is 37.3 Å². The molecule has 0 saturated carbocycles. The average molecular weight is 358 g/mol. The summed E-state index contributed by atoms with van der Waals surface area (Å²) in [4.78, 5) is 25.0. The van der Waals surface area contributed by atoms with Crippen molar-refractivity contribution in [2.45, 2.75) is 18.7 Å². The maximum Gasteiger partial charge on any atom is 0.318 e. The summed E-state index contributed by atoms with van der Waals surface area (Å²) in [6, 6.07) is 13.4. The maximum absolute atomic E-state index is 13.0. The number of amides is 3. The van der Waals surface area contributed by atoms with E-state index >= 15 is 0 Å². The van der Waals surface area contributed by atoms with Crippen LogP contribution in [0.4, 0.5) is 10.5 Å². The zero-order valence-electron chi connectivity index (χ0n) is 13.4. The van der Waals surface area contributed by atoms with Gasteiger partial charge in [-0.15, -0.1) is 0 Å². The second-order valence-electron chi connectivity index (χ2n) is 6.30. The van der Waals surface area contributed by atoms with Crippen molar-refractivity contribution in [1.29, 1.82) is 0 Å². The van der Waals surface area contributed by atoms with Crippen LogP contribution in [0.1, 0.15) is 18.5 Å². The summed E-state index contributed by atoms with van der Waals surface area (Å²) in [5, 5.41) is 9.04. The van der Waals surface area contributed by atoms with Crippen molar-refractivity contribution >= 4 is 29.2 Å². The van der Waals surface area contributed by atoms with E-state index in [-0.39, 0.29) is 11.9 Å². The molecule has 2 aromatic rings. The number of benzene rings is 2. The third-order valence-corrected chi connectivity index (χ3v) is 4.80. The van der Waals surface area contributed by atoms with E-state index in [1.165, 1.54) is 0 Å². The molecule has 3 amide bonds. The summed E-state index contributed by atoms with van der Waals surface area (Å²) < 4.78 is 6.00. The molecule has 4 rings (SSSR count). The van der Waals surface area contributed by atoms with Gasteiger partial charge in [0.15, 0.2) is 5.72 Å². The lowest BCUT2D eigenvalue weighted by molar-refractivity contribution is -0.133. The van der Waals surface area contributed by atoms with Gasteiger partial charge in [0.2, 0.25) is 5.91 Å². The first-order valence-electron chi connectivity index (χ1n) is 7.89. The molecular weight excluding hydrogens is 342 g/mol. The molecule has 6 nitrogen and oxygen atoms in total. The molecule has 3 unspecified atom stereocenters. The smallest absolute Gasteiger partial charge is 0.318 e. The second-order valence-corrected chi connectivity index (χ2v) is 6.73. The van der Waals surface area contributed by atoms with Gasteiger partial charge in [0, 0.05) is 16.3 Å². The van der Waals surface area contributed by atoms with Crippen molar-refractivity contribution in [2.24, 2.45) is 5.92 Å². The highest BCUT2D eigenvalue weighted by Crippen LogP contribution is 2.44. The number of urea groups is 1. The number of nitrogens with one attached hydrogen (secondary N) is 3. The SMILES string of the molecule is CC12NC(=O)NC(c3ccccc3O1)C2C(=O)Nc1ccc(Cl)cc1. The van der Waals surface area contributed by atoms with E-state index in [0.717, 1.165) is 5.56 Å². The van der Waals surface area contributed by atoms with Crippen molar-refractivity contribution in [3.05, 3.63) is 59.1 Å². The van der Waals surface area contributed by atoms with Gasteiger partial charge in [-0.1, -0.05) is 29.8 Å². The monoisotopic (exact) mass is 357 g/mol. The van der Waals surface area contributed by atoms with Crippen LogP contribution in [0.25, 0.3) is 0 Å². The molecule has 128 valence electrons. The molecule has 0 spiro atoms. The molecule has 2 aliphatic rings. The zero-order chi connectivity index (χ0) is 17.6. The number of fused-ring (bicyclic) bond motifs is 4. The third kappa shape index (κ3) is 2.68. The van der Waals surface area contributed by atoms with Crippen molar-refractivity contribution in [2.75, 3.05) is 5.32 Å². The Morgan fingerprint density at radius 2 is 1.92 bits per heavy atom. The van der Waals surface area contributed by atoms with Crippen molar-refractivity contribution in [3.8, 4) is 5.75 Å². The molecule has 25 heavy (non-hydrogen) atoms. The zero-order valence-corrected chi connectivity index (χ0v) is 14.1. The molecule has 2 heterocycles.